The number of rotatable bonds is 3. The molecular formula is C22H15ClN2O5S. The molecular weight excluding hydrogens is 440 g/mol. The highest BCUT2D eigenvalue weighted by Gasteiger charge is 2.48. The normalized spacial score (nSPS) is 19.6. The lowest BCUT2D eigenvalue weighted by Gasteiger charge is -2.23. The van der Waals surface area contributed by atoms with Gasteiger partial charge < -0.3 is 14.6 Å². The first kappa shape index (κ1) is 19.6. The Morgan fingerprint density at radius 3 is 2.55 bits per heavy atom. The number of ether oxygens (including phenoxy) is 2. The van der Waals surface area contributed by atoms with E-state index in [1.165, 1.54) is 16.2 Å². The number of aliphatic hydroxyl groups is 1. The highest BCUT2D eigenvalue weighted by molar-refractivity contribution is 7.14. The van der Waals surface area contributed by atoms with Crippen LogP contribution in [0.25, 0.3) is 5.76 Å². The molecule has 0 radical (unpaired) electrons. The van der Waals surface area contributed by atoms with Crippen molar-refractivity contribution in [3.63, 3.8) is 0 Å². The van der Waals surface area contributed by atoms with Crippen LogP contribution in [0.2, 0.25) is 5.02 Å². The fourth-order valence-corrected chi connectivity index (χ4v) is 4.46. The lowest BCUT2D eigenvalue weighted by molar-refractivity contribution is -0.132. The molecule has 0 aliphatic carbocycles. The summed E-state index contributed by atoms with van der Waals surface area (Å²) < 4.78 is 11.1. The number of aromatic nitrogens is 1. The lowest BCUT2D eigenvalue weighted by Crippen LogP contribution is -2.29. The molecule has 1 fully saturated rings. The van der Waals surface area contributed by atoms with Crippen molar-refractivity contribution in [2.75, 3.05) is 18.1 Å². The second-order valence-corrected chi connectivity index (χ2v) is 8.20. The number of fused-ring (bicyclic) bond motifs is 1. The van der Waals surface area contributed by atoms with Crippen molar-refractivity contribution in [3.05, 3.63) is 75.8 Å². The minimum Gasteiger partial charge on any atom is -0.507 e. The number of halogens is 1. The first-order valence-electron chi connectivity index (χ1n) is 9.40. The molecule has 5 rings (SSSR count). The summed E-state index contributed by atoms with van der Waals surface area (Å²) in [5.41, 5.74) is 0.942. The lowest BCUT2D eigenvalue weighted by atomic mass is 9.95. The Labute approximate surface area is 186 Å². The molecule has 2 aliphatic heterocycles. The molecule has 3 heterocycles. The number of hydrogen-bond acceptors (Lipinski definition) is 7. The van der Waals surface area contributed by atoms with Gasteiger partial charge in [0.25, 0.3) is 5.78 Å². The summed E-state index contributed by atoms with van der Waals surface area (Å²) in [6.45, 7) is 0.824. The Morgan fingerprint density at radius 2 is 1.84 bits per heavy atom. The molecule has 31 heavy (non-hydrogen) atoms. The number of carbonyl (C=O) groups is 2. The van der Waals surface area contributed by atoms with Crippen LogP contribution >= 0.6 is 22.9 Å². The third-order valence-electron chi connectivity index (χ3n) is 5.07. The molecule has 0 bridgehead atoms. The molecule has 7 nitrogen and oxygen atoms in total. The van der Waals surface area contributed by atoms with Gasteiger partial charge in [0.15, 0.2) is 16.6 Å². The van der Waals surface area contributed by atoms with E-state index in [4.69, 9.17) is 21.1 Å². The largest absolute Gasteiger partial charge is 0.507 e. The molecule has 1 saturated heterocycles. The number of nitrogens with zero attached hydrogens (tertiary/aromatic N) is 2. The maximum absolute atomic E-state index is 13.1. The maximum atomic E-state index is 13.1. The first-order valence-corrected chi connectivity index (χ1v) is 10.7. The predicted molar refractivity (Wildman–Crippen MR) is 116 cm³/mol. The SMILES string of the molecule is O=C1C(=O)N(c2nccs2)C(c2ccc(Cl)cc2)C1=C(O)c1ccc2c(c1)OCCO2. The van der Waals surface area contributed by atoms with Gasteiger partial charge in [-0.1, -0.05) is 23.7 Å². The van der Waals surface area contributed by atoms with Gasteiger partial charge in [-0.05, 0) is 35.9 Å². The van der Waals surface area contributed by atoms with Crippen molar-refractivity contribution < 1.29 is 24.2 Å². The van der Waals surface area contributed by atoms with E-state index in [0.717, 1.165) is 0 Å². The van der Waals surface area contributed by atoms with E-state index in [1.54, 1.807) is 54.0 Å². The van der Waals surface area contributed by atoms with E-state index in [2.05, 4.69) is 4.98 Å². The van der Waals surface area contributed by atoms with E-state index in [1.807, 2.05) is 0 Å². The van der Waals surface area contributed by atoms with Crippen molar-refractivity contribution in [2.24, 2.45) is 0 Å². The number of benzene rings is 2. The Morgan fingerprint density at radius 1 is 1.10 bits per heavy atom. The predicted octanol–water partition coefficient (Wildman–Crippen LogP) is 4.19. The summed E-state index contributed by atoms with van der Waals surface area (Å²) in [5, 5.41) is 13.7. The number of ketones is 1. The van der Waals surface area contributed by atoms with Gasteiger partial charge in [-0.3, -0.25) is 14.5 Å². The molecule has 2 aliphatic rings. The number of anilines is 1. The van der Waals surface area contributed by atoms with Gasteiger partial charge in [0.05, 0.1) is 11.6 Å². The van der Waals surface area contributed by atoms with Gasteiger partial charge in [-0.15, -0.1) is 11.3 Å². The van der Waals surface area contributed by atoms with Crippen LogP contribution in [0.15, 0.2) is 59.6 Å². The van der Waals surface area contributed by atoms with E-state index in [0.29, 0.717) is 46.0 Å². The number of aliphatic hydroxyl groups excluding tert-OH is 1. The Bertz CT molecular complexity index is 1210. The molecule has 1 N–H and O–H groups in total. The number of hydrogen-bond donors (Lipinski definition) is 1. The molecule has 1 unspecified atom stereocenters. The van der Waals surface area contributed by atoms with Gasteiger partial charge in [0.2, 0.25) is 0 Å². The molecule has 9 heteroatoms. The minimum absolute atomic E-state index is 0.0285. The number of carbonyl (C=O) groups excluding carboxylic acids is 2. The van der Waals surface area contributed by atoms with Crippen molar-refractivity contribution in [3.8, 4) is 11.5 Å². The van der Waals surface area contributed by atoms with E-state index < -0.39 is 17.7 Å². The van der Waals surface area contributed by atoms with Gasteiger partial charge in [0, 0.05) is 22.2 Å². The molecule has 1 atom stereocenters. The monoisotopic (exact) mass is 454 g/mol. The van der Waals surface area contributed by atoms with Crippen molar-refractivity contribution in [2.45, 2.75) is 6.04 Å². The van der Waals surface area contributed by atoms with Crippen LogP contribution in [0.3, 0.4) is 0 Å². The van der Waals surface area contributed by atoms with E-state index >= 15 is 0 Å². The second-order valence-electron chi connectivity index (χ2n) is 6.89. The van der Waals surface area contributed by atoms with Gasteiger partial charge in [-0.2, -0.15) is 0 Å². The molecule has 2 aromatic carbocycles. The summed E-state index contributed by atoms with van der Waals surface area (Å²) in [4.78, 5) is 31.5. The fourth-order valence-electron chi connectivity index (χ4n) is 3.67. The second kappa shape index (κ2) is 7.72. The zero-order valence-electron chi connectivity index (χ0n) is 15.9. The summed E-state index contributed by atoms with van der Waals surface area (Å²) in [5.74, 6) is -0.821. The summed E-state index contributed by atoms with van der Waals surface area (Å²) in [7, 11) is 0. The van der Waals surface area contributed by atoms with Gasteiger partial charge in [0.1, 0.15) is 19.0 Å². The Hall–Kier alpha value is -3.36. The molecule has 1 amide bonds. The zero-order valence-corrected chi connectivity index (χ0v) is 17.5. The minimum atomic E-state index is -0.850. The van der Waals surface area contributed by atoms with Gasteiger partial charge >= 0.3 is 5.91 Å². The third kappa shape index (κ3) is 3.34. The fraction of sp³-hybridized carbons (Fsp3) is 0.136. The molecule has 0 spiro atoms. The average Bonchev–Trinajstić information content (AvgIpc) is 3.40. The summed E-state index contributed by atoms with van der Waals surface area (Å²) in [6.07, 6.45) is 1.55. The van der Waals surface area contributed by atoms with Crippen LogP contribution < -0.4 is 14.4 Å². The quantitative estimate of drug-likeness (QED) is 0.362. The number of amides is 1. The van der Waals surface area contributed by atoms with Crippen LogP contribution in [0.1, 0.15) is 17.2 Å². The van der Waals surface area contributed by atoms with Crippen LogP contribution in [0, 0.1) is 0 Å². The van der Waals surface area contributed by atoms with Crippen molar-refractivity contribution in [1.82, 2.24) is 4.98 Å². The third-order valence-corrected chi connectivity index (χ3v) is 6.09. The van der Waals surface area contributed by atoms with Crippen LogP contribution in [0.5, 0.6) is 11.5 Å². The molecule has 3 aromatic rings. The van der Waals surface area contributed by atoms with Crippen LogP contribution in [-0.4, -0.2) is 35.0 Å². The van der Waals surface area contributed by atoms with Crippen LogP contribution in [0.4, 0.5) is 5.13 Å². The maximum Gasteiger partial charge on any atom is 0.301 e. The van der Waals surface area contributed by atoms with Crippen molar-refractivity contribution >= 4 is 45.5 Å². The molecule has 1 aromatic heterocycles. The average molecular weight is 455 g/mol. The first-order chi connectivity index (χ1) is 15.0. The Kier molecular flexibility index (Phi) is 4.88. The summed E-state index contributed by atoms with van der Waals surface area (Å²) >= 11 is 7.26. The highest BCUT2D eigenvalue weighted by Crippen LogP contribution is 2.43. The topological polar surface area (TPSA) is 89.0 Å². The van der Waals surface area contributed by atoms with Crippen LogP contribution in [-0.2, 0) is 9.59 Å². The van der Waals surface area contributed by atoms with Gasteiger partial charge in [-0.25, -0.2) is 4.98 Å². The highest BCUT2D eigenvalue weighted by atomic mass is 35.5. The molecule has 0 saturated carbocycles. The van der Waals surface area contributed by atoms with E-state index in [9.17, 15) is 14.7 Å². The number of Topliss-reactive ketones (excluding diaryl/α,β-unsaturated/α-hetero) is 1. The molecule has 156 valence electrons. The van der Waals surface area contributed by atoms with Crippen molar-refractivity contribution in [1.29, 1.82) is 0 Å². The Balaban J connectivity index is 1.68. The number of thiazole rings is 1. The zero-order chi connectivity index (χ0) is 21.5. The van der Waals surface area contributed by atoms with E-state index in [-0.39, 0.29) is 11.3 Å². The summed E-state index contributed by atoms with van der Waals surface area (Å²) in [6, 6.07) is 10.8. The standard InChI is InChI=1S/C22H15ClN2O5S/c23-14-4-1-12(2-5-14)18-17(20(27)21(28)25(18)22-24-7-10-31-22)19(26)13-3-6-15-16(11-13)30-9-8-29-15/h1-7,10-11,18,26H,8-9H2. The smallest absolute Gasteiger partial charge is 0.301 e.